The Balaban J connectivity index is 2.78. The van der Waals surface area contributed by atoms with Crippen molar-refractivity contribution >= 4 is 32.3 Å². The van der Waals surface area contributed by atoms with Crippen molar-refractivity contribution in [3.05, 3.63) is 66.0 Å². The molecule has 6 nitrogen and oxygen atoms in total. The maximum absolute atomic E-state index is 12.5. The lowest BCUT2D eigenvalue weighted by atomic mass is 9.85. The van der Waals surface area contributed by atoms with Crippen LogP contribution in [0.1, 0.15) is 11.1 Å². The number of benzene rings is 1. The van der Waals surface area contributed by atoms with Crippen LogP contribution >= 0.6 is 16.3 Å². The van der Waals surface area contributed by atoms with E-state index in [1.54, 1.807) is 42.5 Å². The monoisotopic (exact) mass is 384 g/mol. The minimum Gasteiger partial charge on any atom is -0.382 e. The van der Waals surface area contributed by atoms with Crippen molar-refractivity contribution < 1.29 is 17.0 Å². The Bertz CT molecular complexity index is 711. The molecule has 1 unspecified atom stereocenters. The Hall–Kier alpha value is -1.77. The highest BCUT2D eigenvalue weighted by Gasteiger charge is 2.46. The van der Waals surface area contributed by atoms with Crippen LogP contribution in [0.5, 0.6) is 0 Å². The smallest absolute Gasteiger partial charge is 0.348 e. The molecule has 0 bridgehead atoms. The molecule has 0 amide bonds. The first kappa shape index (κ1) is 16.6. The number of nitrogens with one attached hydrogen (secondary N) is 1. The molecule has 1 aromatic carbocycles. The van der Waals surface area contributed by atoms with Gasteiger partial charge in [-0.2, -0.15) is 4.72 Å². The van der Waals surface area contributed by atoms with Crippen LogP contribution in [-0.2, 0) is 24.2 Å². The standard InChI is InChI=1S/C14H13BrN2O4S/c1-22(19,20)17-14(13(18)21-15,11-6-3-2-4-7-11)12-8-5-9-16-10-12/h2-10,17H,1H3. The van der Waals surface area contributed by atoms with E-state index < -0.39 is 21.5 Å². The molecule has 116 valence electrons. The normalized spacial score (nSPS) is 14.1. The molecular formula is C14H13BrN2O4S. The van der Waals surface area contributed by atoms with E-state index in [2.05, 4.69) is 29.8 Å². The van der Waals surface area contributed by atoms with Crippen LogP contribution in [0.3, 0.4) is 0 Å². The van der Waals surface area contributed by atoms with Crippen LogP contribution in [0.15, 0.2) is 54.9 Å². The van der Waals surface area contributed by atoms with Gasteiger partial charge in [-0.25, -0.2) is 13.2 Å². The van der Waals surface area contributed by atoms with Gasteiger partial charge in [-0.15, -0.1) is 0 Å². The van der Waals surface area contributed by atoms with E-state index >= 15 is 0 Å². The van der Waals surface area contributed by atoms with E-state index in [4.69, 9.17) is 0 Å². The van der Waals surface area contributed by atoms with E-state index in [0.717, 1.165) is 6.26 Å². The van der Waals surface area contributed by atoms with Gasteiger partial charge in [0.05, 0.1) is 6.26 Å². The average molecular weight is 385 g/mol. The molecule has 1 heterocycles. The zero-order valence-corrected chi connectivity index (χ0v) is 14.0. The maximum atomic E-state index is 12.5. The minimum absolute atomic E-state index is 0.344. The molecule has 8 heteroatoms. The first-order chi connectivity index (χ1) is 10.4. The van der Waals surface area contributed by atoms with Gasteiger partial charge in [0.2, 0.25) is 10.0 Å². The van der Waals surface area contributed by atoms with Crippen molar-refractivity contribution in [1.29, 1.82) is 0 Å². The van der Waals surface area contributed by atoms with Crippen molar-refractivity contribution in [1.82, 2.24) is 9.71 Å². The SMILES string of the molecule is CS(=O)(=O)NC(C(=O)OBr)(c1ccccc1)c1cccnc1. The largest absolute Gasteiger partial charge is 0.382 e. The summed E-state index contributed by atoms with van der Waals surface area (Å²) < 4.78 is 30.8. The van der Waals surface area contributed by atoms with Gasteiger partial charge in [0, 0.05) is 18.0 Å². The van der Waals surface area contributed by atoms with Crippen molar-refractivity contribution in [2.45, 2.75) is 5.54 Å². The van der Waals surface area contributed by atoms with Crippen LogP contribution in [0.25, 0.3) is 0 Å². The van der Waals surface area contributed by atoms with E-state index in [9.17, 15) is 13.2 Å². The summed E-state index contributed by atoms with van der Waals surface area (Å²) in [5.74, 6) is -0.822. The fourth-order valence-corrected chi connectivity index (χ4v) is 3.29. The fraction of sp³-hybridized carbons (Fsp3) is 0.143. The van der Waals surface area contributed by atoms with Crippen LogP contribution in [0, 0.1) is 0 Å². The molecule has 0 aliphatic rings. The summed E-state index contributed by atoms with van der Waals surface area (Å²) in [5.41, 5.74) is -0.971. The number of halogens is 1. The summed E-state index contributed by atoms with van der Waals surface area (Å²) in [6.45, 7) is 0. The Morgan fingerprint density at radius 1 is 1.18 bits per heavy atom. The summed E-state index contributed by atoms with van der Waals surface area (Å²) in [6.07, 6.45) is 3.91. The van der Waals surface area contributed by atoms with Gasteiger partial charge in [0.15, 0.2) is 21.8 Å². The minimum atomic E-state index is -3.73. The van der Waals surface area contributed by atoms with Gasteiger partial charge < -0.3 is 3.83 Å². The number of hydrogen-bond donors (Lipinski definition) is 1. The summed E-state index contributed by atoms with van der Waals surface area (Å²) in [5, 5.41) is 0. The molecule has 0 fully saturated rings. The number of rotatable bonds is 5. The third-order valence-corrected chi connectivity index (χ3v) is 3.99. The second-order valence-corrected chi connectivity index (χ2v) is 6.67. The fourth-order valence-electron chi connectivity index (χ4n) is 2.17. The predicted octanol–water partition coefficient (Wildman–Crippen LogP) is 1.73. The average Bonchev–Trinajstić information content (AvgIpc) is 2.52. The van der Waals surface area contributed by atoms with E-state index in [0.29, 0.717) is 11.1 Å². The van der Waals surface area contributed by atoms with Gasteiger partial charge >= 0.3 is 5.97 Å². The molecule has 0 saturated carbocycles. The van der Waals surface area contributed by atoms with E-state index in [1.807, 2.05) is 0 Å². The van der Waals surface area contributed by atoms with Crippen molar-refractivity contribution in [3.63, 3.8) is 0 Å². The summed E-state index contributed by atoms with van der Waals surface area (Å²) >= 11 is 2.65. The molecule has 2 aromatic rings. The topological polar surface area (TPSA) is 85.4 Å². The molecule has 1 N–H and O–H groups in total. The summed E-state index contributed by atoms with van der Waals surface area (Å²) in [6, 6.07) is 11.6. The van der Waals surface area contributed by atoms with Crippen LogP contribution < -0.4 is 4.72 Å². The van der Waals surface area contributed by atoms with Crippen LogP contribution in [-0.4, -0.2) is 25.6 Å². The zero-order valence-electron chi connectivity index (χ0n) is 11.6. The zero-order chi connectivity index (χ0) is 16.2. The molecule has 0 aliphatic carbocycles. The lowest BCUT2D eigenvalue weighted by Gasteiger charge is -2.31. The number of nitrogens with zero attached hydrogens (tertiary/aromatic N) is 1. The van der Waals surface area contributed by atoms with Crippen LogP contribution in [0.2, 0.25) is 0 Å². The molecular weight excluding hydrogens is 372 g/mol. The number of carbonyl (C=O) groups is 1. The number of pyridine rings is 1. The highest BCUT2D eigenvalue weighted by atomic mass is 79.9. The number of sulfonamides is 1. The van der Waals surface area contributed by atoms with Crippen molar-refractivity contribution in [2.24, 2.45) is 0 Å². The first-order valence-electron chi connectivity index (χ1n) is 6.18. The Morgan fingerprint density at radius 3 is 2.32 bits per heavy atom. The molecule has 22 heavy (non-hydrogen) atoms. The lowest BCUT2D eigenvalue weighted by Crippen LogP contribution is -2.52. The Labute approximate surface area is 137 Å². The molecule has 0 spiro atoms. The molecule has 1 aromatic heterocycles. The van der Waals surface area contributed by atoms with Gasteiger partial charge in [0.1, 0.15) is 0 Å². The van der Waals surface area contributed by atoms with Gasteiger partial charge in [-0.3, -0.25) is 4.98 Å². The third-order valence-electron chi connectivity index (χ3n) is 3.02. The highest BCUT2D eigenvalue weighted by Crippen LogP contribution is 2.32. The number of hydrogen-bond acceptors (Lipinski definition) is 5. The molecule has 2 rings (SSSR count). The van der Waals surface area contributed by atoms with Gasteiger partial charge in [0.25, 0.3) is 0 Å². The quantitative estimate of drug-likeness (QED) is 0.848. The molecule has 1 atom stereocenters. The summed E-state index contributed by atoms with van der Waals surface area (Å²) in [7, 11) is -3.73. The predicted molar refractivity (Wildman–Crippen MR) is 84.5 cm³/mol. The van der Waals surface area contributed by atoms with E-state index in [-0.39, 0.29) is 0 Å². The highest BCUT2D eigenvalue weighted by molar-refractivity contribution is 9.06. The van der Waals surface area contributed by atoms with Gasteiger partial charge in [-0.05, 0) is 11.6 Å². The maximum Gasteiger partial charge on any atom is 0.348 e. The third kappa shape index (κ3) is 3.34. The molecule has 0 aliphatic heterocycles. The van der Waals surface area contributed by atoms with Crippen molar-refractivity contribution in [2.75, 3.05) is 6.26 Å². The second kappa shape index (κ2) is 6.55. The Morgan fingerprint density at radius 2 is 1.82 bits per heavy atom. The Kier molecular flexibility index (Phi) is 4.94. The van der Waals surface area contributed by atoms with Crippen molar-refractivity contribution in [3.8, 4) is 0 Å². The first-order valence-corrected chi connectivity index (χ1v) is 8.72. The second-order valence-electron chi connectivity index (χ2n) is 4.60. The molecule has 0 saturated heterocycles. The molecule has 0 radical (unpaired) electrons. The van der Waals surface area contributed by atoms with E-state index in [1.165, 1.54) is 12.4 Å². The lowest BCUT2D eigenvalue weighted by molar-refractivity contribution is -0.137. The van der Waals surface area contributed by atoms with Crippen LogP contribution in [0.4, 0.5) is 0 Å². The van der Waals surface area contributed by atoms with Gasteiger partial charge in [-0.1, -0.05) is 36.4 Å². The number of aromatic nitrogens is 1. The summed E-state index contributed by atoms with van der Waals surface area (Å²) in [4.78, 5) is 16.5. The number of carbonyl (C=O) groups excluding carboxylic acids is 1.